The van der Waals surface area contributed by atoms with Crippen molar-refractivity contribution in [3.05, 3.63) is 88.1 Å². The van der Waals surface area contributed by atoms with E-state index < -0.39 is 5.82 Å². The summed E-state index contributed by atoms with van der Waals surface area (Å²) in [5.74, 6) is -0.318. The van der Waals surface area contributed by atoms with Gasteiger partial charge in [0, 0.05) is 30.4 Å². The summed E-state index contributed by atoms with van der Waals surface area (Å²) in [7, 11) is 0. The van der Waals surface area contributed by atoms with Crippen LogP contribution < -0.4 is 10.3 Å². The van der Waals surface area contributed by atoms with Crippen molar-refractivity contribution in [2.24, 2.45) is 0 Å². The van der Waals surface area contributed by atoms with Crippen LogP contribution in [0.25, 0.3) is 22.8 Å². The Bertz CT molecular complexity index is 1440. The van der Waals surface area contributed by atoms with Crippen molar-refractivity contribution in [2.45, 2.75) is 26.7 Å². The van der Waals surface area contributed by atoms with Crippen molar-refractivity contribution in [1.29, 1.82) is 0 Å². The van der Waals surface area contributed by atoms with Gasteiger partial charge in [0.25, 0.3) is 0 Å². The predicted octanol–water partition coefficient (Wildman–Crippen LogP) is 3.97. The zero-order valence-corrected chi connectivity index (χ0v) is 18.3. The lowest BCUT2D eigenvalue weighted by atomic mass is 10.1. The van der Waals surface area contributed by atoms with Gasteiger partial charge in [0.05, 0.1) is 17.6 Å². The number of carbonyl (C=O) groups is 1. The SMILES string of the molecule is Cc1cc(N2CCCC2=O)ccc1-n1cc(C)c(=O)c(-c2ccnn2-c2ccccc2F)n1. The number of hydrogen-bond donors (Lipinski definition) is 0. The molecule has 0 radical (unpaired) electrons. The number of hydrogen-bond acceptors (Lipinski definition) is 4. The molecule has 0 spiro atoms. The summed E-state index contributed by atoms with van der Waals surface area (Å²) in [5, 5.41) is 8.83. The second-order valence-electron chi connectivity index (χ2n) is 8.13. The number of aryl methyl sites for hydroxylation is 2. The van der Waals surface area contributed by atoms with E-state index in [4.69, 9.17) is 0 Å². The molecule has 4 aromatic rings. The third-order valence-electron chi connectivity index (χ3n) is 5.88. The first-order valence-corrected chi connectivity index (χ1v) is 10.8. The number of benzene rings is 2. The van der Waals surface area contributed by atoms with Crippen molar-refractivity contribution in [1.82, 2.24) is 19.6 Å². The molecule has 0 saturated carbocycles. The van der Waals surface area contributed by atoms with E-state index in [1.165, 1.54) is 16.9 Å². The average Bonchev–Trinajstić information content (AvgIpc) is 3.45. The highest BCUT2D eigenvalue weighted by Crippen LogP contribution is 2.26. The maximum Gasteiger partial charge on any atom is 0.227 e. The van der Waals surface area contributed by atoms with Crippen molar-refractivity contribution >= 4 is 11.6 Å². The summed E-state index contributed by atoms with van der Waals surface area (Å²) < 4.78 is 17.5. The van der Waals surface area contributed by atoms with Crippen molar-refractivity contribution < 1.29 is 9.18 Å². The lowest BCUT2D eigenvalue weighted by Crippen LogP contribution is -2.24. The Morgan fingerprint density at radius 1 is 0.970 bits per heavy atom. The Labute approximate surface area is 189 Å². The Balaban J connectivity index is 1.61. The van der Waals surface area contributed by atoms with Gasteiger partial charge in [-0.05, 0) is 62.2 Å². The van der Waals surface area contributed by atoms with Crippen LogP contribution in [0.15, 0.2) is 65.7 Å². The highest BCUT2D eigenvalue weighted by Gasteiger charge is 2.22. The third kappa shape index (κ3) is 3.63. The molecule has 33 heavy (non-hydrogen) atoms. The fraction of sp³-hybridized carbons (Fsp3) is 0.200. The number of halogens is 1. The largest absolute Gasteiger partial charge is 0.312 e. The first-order chi connectivity index (χ1) is 15.9. The molecule has 0 unspecified atom stereocenters. The van der Waals surface area contributed by atoms with E-state index in [1.54, 1.807) is 47.0 Å². The molecule has 1 amide bonds. The molecule has 1 aliphatic heterocycles. The normalized spacial score (nSPS) is 13.7. The number of carbonyl (C=O) groups excluding carboxylic acids is 1. The molecule has 0 N–H and O–H groups in total. The topological polar surface area (TPSA) is 73.0 Å². The monoisotopic (exact) mass is 443 g/mol. The summed E-state index contributed by atoms with van der Waals surface area (Å²) in [6.45, 7) is 4.38. The smallest absolute Gasteiger partial charge is 0.227 e. The number of anilines is 1. The van der Waals surface area contributed by atoms with Crippen molar-refractivity contribution in [3.63, 3.8) is 0 Å². The molecule has 166 valence electrons. The van der Waals surface area contributed by atoms with Gasteiger partial charge in [0.1, 0.15) is 11.5 Å². The quantitative estimate of drug-likeness (QED) is 0.479. The summed E-state index contributed by atoms with van der Waals surface area (Å²) >= 11 is 0. The Hall–Kier alpha value is -4.07. The Morgan fingerprint density at radius 3 is 2.52 bits per heavy atom. The van der Waals surface area contributed by atoms with Gasteiger partial charge in [-0.1, -0.05) is 12.1 Å². The van der Waals surface area contributed by atoms with E-state index in [1.807, 2.05) is 25.1 Å². The molecule has 2 aromatic heterocycles. The Morgan fingerprint density at radius 2 is 1.79 bits per heavy atom. The van der Waals surface area contributed by atoms with Gasteiger partial charge in [0.15, 0.2) is 5.69 Å². The number of nitrogens with zero attached hydrogens (tertiary/aromatic N) is 5. The predicted molar refractivity (Wildman–Crippen MR) is 123 cm³/mol. The highest BCUT2D eigenvalue weighted by atomic mass is 19.1. The molecule has 1 aliphatic rings. The van der Waals surface area contributed by atoms with E-state index in [2.05, 4.69) is 10.2 Å². The van der Waals surface area contributed by atoms with Gasteiger partial charge in [-0.15, -0.1) is 0 Å². The molecule has 7 nitrogen and oxygen atoms in total. The van der Waals surface area contributed by atoms with E-state index in [0.29, 0.717) is 17.7 Å². The first kappa shape index (κ1) is 20.8. The third-order valence-corrected chi connectivity index (χ3v) is 5.88. The minimum atomic E-state index is -0.446. The second kappa shape index (κ2) is 8.12. The second-order valence-corrected chi connectivity index (χ2v) is 8.13. The average molecular weight is 443 g/mol. The Kier molecular flexibility index (Phi) is 5.12. The summed E-state index contributed by atoms with van der Waals surface area (Å²) in [6.07, 6.45) is 4.63. The summed E-state index contributed by atoms with van der Waals surface area (Å²) in [6, 6.07) is 13.6. The maximum absolute atomic E-state index is 14.4. The van der Waals surface area contributed by atoms with Gasteiger partial charge in [0.2, 0.25) is 11.3 Å². The van der Waals surface area contributed by atoms with Crippen LogP contribution in [0.5, 0.6) is 0 Å². The van der Waals surface area contributed by atoms with E-state index in [9.17, 15) is 14.0 Å². The van der Waals surface area contributed by atoms with Crippen LogP contribution in [0.3, 0.4) is 0 Å². The lowest BCUT2D eigenvalue weighted by molar-refractivity contribution is -0.117. The molecule has 8 heteroatoms. The fourth-order valence-corrected chi connectivity index (χ4v) is 4.19. The molecule has 0 bridgehead atoms. The minimum absolute atomic E-state index is 0.128. The molecule has 2 aromatic carbocycles. The minimum Gasteiger partial charge on any atom is -0.312 e. The zero-order valence-electron chi connectivity index (χ0n) is 18.3. The lowest BCUT2D eigenvalue weighted by Gasteiger charge is -2.18. The van der Waals surface area contributed by atoms with Gasteiger partial charge in [-0.2, -0.15) is 10.2 Å². The van der Waals surface area contributed by atoms with E-state index in [-0.39, 0.29) is 22.7 Å². The van der Waals surface area contributed by atoms with Crippen LogP contribution >= 0.6 is 0 Å². The maximum atomic E-state index is 14.4. The molecule has 1 fully saturated rings. The van der Waals surface area contributed by atoms with Gasteiger partial charge < -0.3 is 4.90 Å². The zero-order chi connectivity index (χ0) is 23.1. The molecular formula is C25H22FN5O2. The summed E-state index contributed by atoms with van der Waals surface area (Å²) in [4.78, 5) is 26.9. The van der Waals surface area contributed by atoms with Crippen LogP contribution in [-0.4, -0.2) is 32.0 Å². The first-order valence-electron chi connectivity index (χ1n) is 10.8. The standard InChI is InChI=1S/C25H22FN5O2/c1-16-14-18(29-13-5-8-23(29)32)9-10-20(16)30-15-17(2)25(33)24(28-30)22-11-12-27-31(22)21-7-4-3-6-19(21)26/h3-4,6-7,9-12,14-15H,5,8,13H2,1-2H3. The van der Waals surface area contributed by atoms with Crippen LogP contribution in [0, 0.1) is 19.7 Å². The number of aromatic nitrogens is 4. The summed E-state index contributed by atoms with van der Waals surface area (Å²) in [5.41, 5.74) is 3.62. The van der Waals surface area contributed by atoms with E-state index in [0.717, 1.165) is 29.9 Å². The molecular weight excluding hydrogens is 421 g/mol. The highest BCUT2D eigenvalue weighted by molar-refractivity contribution is 5.95. The van der Waals surface area contributed by atoms with Crippen molar-refractivity contribution in [2.75, 3.05) is 11.4 Å². The molecule has 0 atom stereocenters. The number of rotatable bonds is 4. The van der Waals surface area contributed by atoms with Crippen molar-refractivity contribution in [3.8, 4) is 22.8 Å². The fourth-order valence-electron chi connectivity index (χ4n) is 4.19. The molecule has 5 rings (SSSR count). The van der Waals surface area contributed by atoms with Crippen LogP contribution in [0.1, 0.15) is 24.0 Å². The van der Waals surface area contributed by atoms with Crippen LogP contribution in [0.2, 0.25) is 0 Å². The van der Waals surface area contributed by atoms with Crippen LogP contribution in [-0.2, 0) is 4.79 Å². The van der Waals surface area contributed by atoms with Gasteiger partial charge in [-0.3, -0.25) is 9.59 Å². The van der Waals surface area contributed by atoms with Crippen LogP contribution in [0.4, 0.5) is 10.1 Å². The van der Waals surface area contributed by atoms with E-state index >= 15 is 0 Å². The van der Waals surface area contributed by atoms with Gasteiger partial charge >= 0.3 is 0 Å². The molecule has 0 aliphatic carbocycles. The molecule has 1 saturated heterocycles. The van der Waals surface area contributed by atoms with Gasteiger partial charge in [-0.25, -0.2) is 13.8 Å². The number of amides is 1. The molecule has 3 heterocycles. The number of para-hydroxylation sites is 1.